The summed E-state index contributed by atoms with van der Waals surface area (Å²) in [5.41, 5.74) is 5.24. The van der Waals surface area contributed by atoms with Crippen molar-refractivity contribution in [1.82, 2.24) is 5.43 Å². The molecule has 3 N–H and O–H groups in total. The molecule has 0 saturated carbocycles. The first-order chi connectivity index (χ1) is 15.5. The number of amides is 2. The molecule has 0 atom stereocenters. The maximum atomic E-state index is 12.5. The Morgan fingerprint density at radius 1 is 0.750 bits per heavy atom. The van der Waals surface area contributed by atoms with Crippen molar-refractivity contribution in [3.63, 3.8) is 0 Å². The molecule has 0 unspecified atom stereocenters. The molecule has 4 rings (SSSR count). The monoisotopic (exact) mass is 423 g/mol. The molecule has 4 aromatic carbocycles. The van der Waals surface area contributed by atoms with Crippen molar-refractivity contribution in [2.45, 2.75) is 6.92 Å². The molecule has 0 spiro atoms. The van der Waals surface area contributed by atoms with Crippen LogP contribution >= 0.6 is 0 Å². The van der Waals surface area contributed by atoms with E-state index in [2.05, 4.69) is 15.8 Å². The highest BCUT2D eigenvalue weighted by Crippen LogP contribution is 2.25. The maximum Gasteiger partial charge on any atom is 0.275 e. The van der Waals surface area contributed by atoms with Crippen LogP contribution in [0.5, 0.6) is 5.75 Å². The van der Waals surface area contributed by atoms with Crippen LogP contribution in [0.3, 0.4) is 0 Å². The highest BCUT2D eigenvalue weighted by molar-refractivity contribution is 6.05. The average molecular weight is 423 g/mol. The van der Waals surface area contributed by atoms with Gasteiger partial charge < -0.3 is 10.4 Å². The number of hydrazone groups is 1. The van der Waals surface area contributed by atoms with Crippen molar-refractivity contribution >= 4 is 34.0 Å². The van der Waals surface area contributed by atoms with E-state index in [0.717, 1.165) is 16.3 Å². The van der Waals surface area contributed by atoms with Crippen LogP contribution in [0.15, 0.2) is 96.1 Å². The number of benzene rings is 4. The van der Waals surface area contributed by atoms with Gasteiger partial charge in [0.1, 0.15) is 5.75 Å². The number of phenolic OH excluding ortho intramolecular Hbond substituents is 1. The fourth-order valence-corrected chi connectivity index (χ4v) is 3.26. The van der Waals surface area contributed by atoms with E-state index in [-0.39, 0.29) is 17.2 Å². The van der Waals surface area contributed by atoms with Gasteiger partial charge >= 0.3 is 0 Å². The van der Waals surface area contributed by atoms with Gasteiger partial charge in [-0.25, -0.2) is 5.43 Å². The predicted octanol–water partition coefficient (Wildman–Crippen LogP) is 4.95. The Balaban J connectivity index is 1.43. The number of hydrogen-bond donors (Lipinski definition) is 3. The molecule has 6 heteroatoms. The van der Waals surface area contributed by atoms with Crippen molar-refractivity contribution < 1.29 is 14.7 Å². The van der Waals surface area contributed by atoms with E-state index in [1.165, 1.54) is 0 Å². The Hall–Kier alpha value is -4.45. The summed E-state index contributed by atoms with van der Waals surface area (Å²) in [6.45, 7) is 1.76. The highest BCUT2D eigenvalue weighted by atomic mass is 16.3. The SMILES string of the molecule is C/C(=N/NC(=O)c1cc2ccccc2cc1O)c1ccc(NC(=O)c2ccccc2)cc1. The number of fused-ring (bicyclic) bond motifs is 1. The van der Waals surface area contributed by atoms with E-state index in [0.29, 0.717) is 17.0 Å². The van der Waals surface area contributed by atoms with Crippen LogP contribution in [-0.2, 0) is 0 Å². The summed E-state index contributed by atoms with van der Waals surface area (Å²) in [6, 6.07) is 26.8. The fourth-order valence-electron chi connectivity index (χ4n) is 3.26. The van der Waals surface area contributed by atoms with Gasteiger partial charge in [0.25, 0.3) is 11.8 Å². The van der Waals surface area contributed by atoms with Crippen LogP contribution in [0, 0.1) is 0 Å². The second-order valence-corrected chi connectivity index (χ2v) is 7.25. The second-order valence-electron chi connectivity index (χ2n) is 7.25. The molecule has 0 saturated heterocycles. The minimum absolute atomic E-state index is 0.104. The van der Waals surface area contributed by atoms with Crippen LogP contribution in [0.2, 0.25) is 0 Å². The Morgan fingerprint density at radius 3 is 2.06 bits per heavy atom. The summed E-state index contributed by atoms with van der Waals surface area (Å²) < 4.78 is 0. The van der Waals surface area contributed by atoms with Crippen molar-refractivity contribution in [2.24, 2.45) is 5.10 Å². The van der Waals surface area contributed by atoms with Crippen molar-refractivity contribution in [3.8, 4) is 5.75 Å². The molecule has 4 aromatic rings. The van der Waals surface area contributed by atoms with Crippen molar-refractivity contribution in [1.29, 1.82) is 0 Å². The van der Waals surface area contributed by atoms with E-state index in [9.17, 15) is 14.7 Å². The Labute approximate surface area is 185 Å². The summed E-state index contributed by atoms with van der Waals surface area (Å²) in [6.07, 6.45) is 0. The van der Waals surface area contributed by atoms with Crippen LogP contribution < -0.4 is 10.7 Å². The molecule has 0 radical (unpaired) electrons. The molecule has 0 aromatic heterocycles. The van der Waals surface area contributed by atoms with Gasteiger partial charge in [-0.3, -0.25) is 9.59 Å². The molecule has 158 valence electrons. The molecule has 0 aliphatic rings. The second kappa shape index (κ2) is 9.14. The quantitative estimate of drug-likeness (QED) is 0.313. The van der Waals surface area contributed by atoms with Gasteiger partial charge in [-0.2, -0.15) is 5.10 Å². The molecule has 0 aliphatic carbocycles. The first-order valence-corrected chi connectivity index (χ1v) is 10.0. The third kappa shape index (κ3) is 4.65. The number of aromatic hydroxyl groups is 1. The van der Waals surface area contributed by atoms with Crippen molar-refractivity contribution in [3.05, 3.63) is 108 Å². The van der Waals surface area contributed by atoms with Gasteiger partial charge in [-0.05, 0) is 59.7 Å². The molecule has 0 fully saturated rings. The Kier molecular flexibility index (Phi) is 5.94. The average Bonchev–Trinajstić information content (AvgIpc) is 2.83. The lowest BCUT2D eigenvalue weighted by atomic mass is 10.1. The van der Waals surface area contributed by atoms with E-state index in [1.54, 1.807) is 55.5 Å². The number of nitrogens with one attached hydrogen (secondary N) is 2. The number of rotatable bonds is 5. The Bertz CT molecular complexity index is 1310. The van der Waals surface area contributed by atoms with Gasteiger partial charge in [-0.1, -0.05) is 54.6 Å². The number of hydrogen-bond acceptors (Lipinski definition) is 4. The lowest BCUT2D eigenvalue weighted by Crippen LogP contribution is -2.19. The molecule has 6 nitrogen and oxygen atoms in total. The first kappa shape index (κ1) is 20.8. The standard InChI is InChI=1S/C26H21N3O3/c1-17(18-11-13-22(14-12-18)27-25(31)19-7-3-2-4-8-19)28-29-26(32)23-15-20-9-5-6-10-21(20)16-24(23)30/h2-16,30H,1H3,(H,27,31)(H,29,32)/b28-17-. The van der Waals surface area contributed by atoms with Gasteiger partial charge in [0, 0.05) is 11.3 Å². The van der Waals surface area contributed by atoms with E-state index < -0.39 is 5.91 Å². The lowest BCUT2D eigenvalue weighted by Gasteiger charge is -2.08. The summed E-state index contributed by atoms with van der Waals surface area (Å²) in [5.74, 6) is -0.793. The molecule has 0 aliphatic heterocycles. The number of carbonyl (C=O) groups excluding carboxylic acids is 2. The number of anilines is 1. The third-order valence-corrected chi connectivity index (χ3v) is 5.03. The molecule has 2 amide bonds. The lowest BCUT2D eigenvalue weighted by molar-refractivity contribution is 0.0951. The zero-order valence-electron chi connectivity index (χ0n) is 17.4. The summed E-state index contributed by atoms with van der Waals surface area (Å²) in [5, 5.41) is 18.9. The fraction of sp³-hybridized carbons (Fsp3) is 0.0385. The van der Waals surface area contributed by atoms with Crippen LogP contribution in [-0.4, -0.2) is 22.6 Å². The smallest absolute Gasteiger partial charge is 0.275 e. The molecule has 0 bridgehead atoms. The van der Waals surface area contributed by atoms with Crippen LogP contribution in [0.4, 0.5) is 5.69 Å². The zero-order valence-corrected chi connectivity index (χ0v) is 17.4. The summed E-state index contributed by atoms with van der Waals surface area (Å²) >= 11 is 0. The van der Waals surface area contributed by atoms with Gasteiger partial charge in [-0.15, -0.1) is 0 Å². The predicted molar refractivity (Wildman–Crippen MR) is 126 cm³/mol. The minimum Gasteiger partial charge on any atom is -0.507 e. The maximum absolute atomic E-state index is 12.5. The van der Waals surface area contributed by atoms with Crippen LogP contribution in [0.1, 0.15) is 33.2 Å². The molecular weight excluding hydrogens is 402 g/mol. The summed E-state index contributed by atoms with van der Waals surface area (Å²) in [7, 11) is 0. The minimum atomic E-state index is -0.501. The molecular formula is C26H21N3O3. The van der Waals surface area contributed by atoms with Gasteiger partial charge in [0.2, 0.25) is 0 Å². The van der Waals surface area contributed by atoms with Gasteiger partial charge in [0.05, 0.1) is 11.3 Å². The number of nitrogens with zero attached hydrogens (tertiary/aromatic N) is 1. The van der Waals surface area contributed by atoms with E-state index in [1.807, 2.05) is 42.5 Å². The van der Waals surface area contributed by atoms with Crippen LogP contribution in [0.25, 0.3) is 10.8 Å². The molecule has 0 heterocycles. The Morgan fingerprint density at radius 2 is 1.38 bits per heavy atom. The van der Waals surface area contributed by atoms with Gasteiger partial charge in [0.15, 0.2) is 0 Å². The third-order valence-electron chi connectivity index (χ3n) is 5.03. The summed E-state index contributed by atoms with van der Waals surface area (Å²) in [4.78, 5) is 24.8. The highest BCUT2D eigenvalue weighted by Gasteiger charge is 2.12. The van der Waals surface area contributed by atoms with E-state index >= 15 is 0 Å². The topological polar surface area (TPSA) is 90.8 Å². The number of phenols is 1. The number of carbonyl (C=O) groups is 2. The molecule has 32 heavy (non-hydrogen) atoms. The first-order valence-electron chi connectivity index (χ1n) is 10.0. The van der Waals surface area contributed by atoms with Crippen molar-refractivity contribution in [2.75, 3.05) is 5.32 Å². The largest absolute Gasteiger partial charge is 0.507 e. The van der Waals surface area contributed by atoms with E-state index in [4.69, 9.17) is 0 Å². The normalized spacial score (nSPS) is 11.2. The zero-order chi connectivity index (χ0) is 22.5.